The molecule has 7 nitrogen and oxygen atoms in total. The summed E-state index contributed by atoms with van der Waals surface area (Å²) in [4.78, 5) is 20.6. The van der Waals surface area contributed by atoms with Gasteiger partial charge in [0.25, 0.3) is 5.95 Å². The molecule has 0 aliphatic carbocycles. The molecular weight excluding hydrogens is 384 g/mol. The molecule has 8 heteroatoms. The Hall–Kier alpha value is -3.00. The number of halogens is 1. The summed E-state index contributed by atoms with van der Waals surface area (Å²) in [5.74, 6) is 0.690. The number of para-hydroxylation sites is 1. The Morgan fingerprint density at radius 1 is 1.12 bits per heavy atom. The van der Waals surface area contributed by atoms with Gasteiger partial charge in [0.1, 0.15) is 6.54 Å². The zero-order valence-electron chi connectivity index (χ0n) is 13.0. The van der Waals surface area contributed by atoms with Gasteiger partial charge in [-0.05, 0) is 39.5 Å². The normalized spacial score (nSPS) is 10.9. The van der Waals surface area contributed by atoms with Crippen LogP contribution in [0.2, 0.25) is 0 Å². The highest BCUT2D eigenvalue weighted by molar-refractivity contribution is 9.10. The van der Waals surface area contributed by atoms with Crippen molar-refractivity contribution in [3.05, 3.63) is 65.7 Å². The Balaban J connectivity index is 1.52. The van der Waals surface area contributed by atoms with Crippen LogP contribution < -0.4 is 5.32 Å². The van der Waals surface area contributed by atoms with Gasteiger partial charge in [-0.3, -0.25) is 4.79 Å². The van der Waals surface area contributed by atoms with E-state index < -0.39 is 0 Å². The van der Waals surface area contributed by atoms with Crippen molar-refractivity contribution in [1.29, 1.82) is 0 Å². The molecule has 0 atom stereocenters. The van der Waals surface area contributed by atoms with Gasteiger partial charge in [-0.1, -0.05) is 18.2 Å². The lowest BCUT2D eigenvalue weighted by Crippen LogP contribution is -2.19. The average Bonchev–Trinajstić information content (AvgIpc) is 3.20. The standard InChI is InChI=1S/C17H13BrN6O/c18-13-10-24(17-19-7-3-8-20-17)22-16(13)21-15(25)11-23-9-6-12-4-1-2-5-14(12)23/h1-10H,11H2,(H,21,22,25). The summed E-state index contributed by atoms with van der Waals surface area (Å²) >= 11 is 3.40. The highest BCUT2D eigenvalue weighted by atomic mass is 79.9. The van der Waals surface area contributed by atoms with Gasteiger partial charge >= 0.3 is 0 Å². The maximum atomic E-state index is 12.4. The van der Waals surface area contributed by atoms with E-state index in [1.165, 1.54) is 4.68 Å². The van der Waals surface area contributed by atoms with Gasteiger partial charge < -0.3 is 9.88 Å². The molecule has 0 unspecified atom stereocenters. The van der Waals surface area contributed by atoms with Crippen molar-refractivity contribution in [2.45, 2.75) is 6.54 Å². The molecule has 0 aliphatic rings. The molecule has 3 aromatic heterocycles. The molecule has 0 spiro atoms. The van der Waals surface area contributed by atoms with E-state index in [1.54, 1.807) is 24.7 Å². The van der Waals surface area contributed by atoms with Crippen molar-refractivity contribution >= 4 is 38.6 Å². The van der Waals surface area contributed by atoms with E-state index in [9.17, 15) is 4.79 Å². The second-order valence-electron chi connectivity index (χ2n) is 5.37. The number of fused-ring (bicyclic) bond motifs is 1. The van der Waals surface area contributed by atoms with Crippen LogP contribution in [0.1, 0.15) is 0 Å². The smallest absolute Gasteiger partial charge is 0.250 e. The fourth-order valence-electron chi connectivity index (χ4n) is 2.55. The third kappa shape index (κ3) is 3.16. The number of nitrogens with one attached hydrogen (secondary N) is 1. The number of hydrogen-bond acceptors (Lipinski definition) is 4. The van der Waals surface area contributed by atoms with E-state index in [0.717, 1.165) is 10.9 Å². The van der Waals surface area contributed by atoms with E-state index in [2.05, 4.69) is 36.3 Å². The molecule has 124 valence electrons. The van der Waals surface area contributed by atoms with E-state index in [1.807, 2.05) is 41.1 Å². The Morgan fingerprint density at radius 3 is 2.76 bits per heavy atom. The fraction of sp³-hybridized carbons (Fsp3) is 0.0588. The minimum Gasteiger partial charge on any atom is -0.338 e. The van der Waals surface area contributed by atoms with E-state index in [4.69, 9.17) is 0 Å². The van der Waals surface area contributed by atoms with E-state index >= 15 is 0 Å². The SMILES string of the molecule is O=C(Cn1ccc2ccccc21)Nc1nn(-c2ncccn2)cc1Br. The van der Waals surface area contributed by atoms with Gasteiger partial charge in [0.2, 0.25) is 5.91 Å². The highest BCUT2D eigenvalue weighted by Gasteiger charge is 2.13. The number of rotatable bonds is 4. The van der Waals surface area contributed by atoms with Crippen LogP contribution in [0.25, 0.3) is 16.9 Å². The van der Waals surface area contributed by atoms with E-state index in [-0.39, 0.29) is 12.5 Å². The van der Waals surface area contributed by atoms with Crippen LogP contribution >= 0.6 is 15.9 Å². The summed E-state index contributed by atoms with van der Waals surface area (Å²) in [5, 5.41) is 8.22. The summed E-state index contributed by atoms with van der Waals surface area (Å²) < 4.78 is 4.06. The second-order valence-corrected chi connectivity index (χ2v) is 6.22. The number of anilines is 1. The van der Waals surface area contributed by atoms with Crippen LogP contribution in [0.4, 0.5) is 5.82 Å². The molecule has 4 aromatic rings. The van der Waals surface area contributed by atoms with Crippen LogP contribution in [0.3, 0.4) is 0 Å². The molecule has 0 fully saturated rings. The van der Waals surface area contributed by atoms with Gasteiger partial charge in [-0.2, -0.15) is 0 Å². The van der Waals surface area contributed by atoms with Gasteiger partial charge in [0, 0.05) is 24.1 Å². The minimum atomic E-state index is -0.165. The molecule has 0 saturated carbocycles. The Morgan fingerprint density at radius 2 is 1.92 bits per heavy atom. The van der Waals surface area contributed by atoms with Crippen molar-refractivity contribution in [3.8, 4) is 5.95 Å². The lowest BCUT2D eigenvalue weighted by Gasteiger charge is -2.06. The van der Waals surface area contributed by atoms with Crippen LogP contribution in [0.5, 0.6) is 0 Å². The lowest BCUT2D eigenvalue weighted by atomic mass is 10.2. The fourth-order valence-corrected chi connectivity index (χ4v) is 2.93. The maximum absolute atomic E-state index is 12.4. The molecule has 0 saturated heterocycles. The monoisotopic (exact) mass is 396 g/mol. The predicted molar refractivity (Wildman–Crippen MR) is 97.4 cm³/mol. The van der Waals surface area contributed by atoms with Crippen molar-refractivity contribution in [1.82, 2.24) is 24.3 Å². The lowest BCUT2D eigenvalue weighted by molar-refractivity contribution is -0.116. The summed E-state index contributed by atoms with van der Waals surface area (Å²) in [6.07, 6.45) is 6.87. The topological polar surface area (TPSA) is 77.6 Å². The molecule has 0 aliphatic heterocycles. The predicted octanol–water partition coefficient (Wildman–Crippen LogP) is 3.02. The van der Waals surface area contributed by atoms with Gasteiger partial charge in [0.05, 0.1) is 10.7 Å². The summed E-state index contributed by atoms with van der Waals surface area (Å²) in [7, 11) is 0. The third-order valence-corrected chi connectivity index (χ3v) is 4.26. The molecule has 0 radical (unpaired) electrons. The molecule has 0 bridgehead atoms. The summed E-state index contributed by atoms with van der Waals surface area (Å²) in [5.41, 5.74) is 1.01. The Bertz CT molecular complexity index is 1040. The number of amides is 1. The molecule has 1 amide bonds. The number of benzene rings is 1. The number of nitrogens with zero attached hydrogens (tertiary/aromatic N) is 5. The largest absolute Gasteiger partial charge is 0.338 e. The molecule has 1 N–H and O–H groups in total. The van der Waals surface area contributed by atoms with Crippen LogP contribution in [0.15, 0.2) is 65.7 Å². The van der Waals surface area contributed by atoms with Crippen LogP contribution in [-0.4, -0.2) is 30.2 Å². The molecule has 3 heterocycles. The Labute approximate surface area is 151 Å². The van der Waals surface area contributed by atoms with Crippen molar-refractivity contribution in [2.24, 2.45) is 0 Å². The van der Waals surface area contributed by atoms with Crippen LogP contribution in [-0.2, 0) is 11.3 Å². The highest BCUT2D eigenvalue weighted by Crippen LogP contribution is 2.22. The quantitative estimate of drug-likeness (QED) is 0.574. The molecule has 1 aromatic carbocycles. The van der Waals surface area contributed by atoms with Crippen molar-refractivity contribution < 1.29 is 4.79 Å². The molecular formula is C17H13BrN6O. The zero-order valence-corrected chi connectivity index (χ0v) is 14.6. The van der Waals surface area contributed by atoms with Gasteiger partial charge in [0.15, 0.2) is 5.82 Å². The summed E-state index contributed by atoms with van der Waals surface area (Å²) in [6, 6.07) is 11.6. The first-order valence-corrected chi connectivity index (χ1v) is 8.36. The molecule has 25 heavy (non-hydrogen) atoms. The molecule has 4 rings (SSSR count). The first kappa shape index (κ1) is 15.5. The van der Waals surface area contributed by atoms with Crippen molar-refractivity contribution in [2.75, 3.05) is 5.32 Å². The second kappa shape index (κ2) is 6.48. The zero-order chi connectivity index (χ0) is 17.2. The van der Waals surface area contributed by atoms with Crippen molar-refractivity contribution in [3.63, 3.8) is 0 Å². The average molecular weight is 397 g/mol. The van der Waals surface area contributed by atoms with E-state index in [0.29, 0.717) is 16.2 Å². The Kier molecular flexibility index (Phi) is 4.02. The van der Waals surface area contributed by atoms with Gasteiger partial charge in [-0.25, -0.2) is 14.6 Å². The first-order valence-electron chi connectivity index (χ1n) is 7.57. The van der Waals surface area contributed by atoms with Crippen LogP contribution in [0, 0.1) is 0 Å². The first-order chi connectivity index (χ1) is 12.2. The minimum absolute atomic E-state index is 0.165. The van der Waals surface area contributed by atoms with Gasteiger partial charge in [-0.15, -0.1) is 5.10 Å². The number of hydrogen-bond donors (Lipinski definition) is 1. The third-order valence-electron chi connectivity index (χ3n) is 3.68. The number of carbonyl (C=O) groups is 1. The number of aromatic nitrogens is 5. The maximum Gasteiger partial charge on any atom is 0.250 e. The summed E-state index contributed by atoms with van der Waals surface area (Å²) in [6.45, 7) is 0.203. The number of carbonyl (C=O) groups excluding carboxylic acids is 1.